The fourth-order valence-corrected chi connectivity index (χ4v) is 6.09. The molecular weight excluding hydrogens is 637 g/mol. The molecule has 4 aromatic rings. The van der Waals surface area contributed by atoms with Gasteiger partial charge in [-0.1, -0.05) is 12.1 Å². The minimum atomic E-state index is -4.74. The lowest BCUT2D eigenvalue weighted by Gasteiger charge is -2.34. The Morgan fingerprint density at radius 2 is 1.65 bits per heavy atom. The Kier molecular flexibility index (Phi) is 10.6. The highest BCUT2D eigenvalue weighted by molar-refractivity contribution is 6.01. The van der Waals surface area contributed by atoms with Crippen molar-refractivity contribution in [3.8, 4) is 22.8 Å². The molecule has 2 saturated heterocycles. The predicted molar refractivity (Wildman–Crippen MR) is 179 cm³/mol. The lowest BCUT2D eigenvalue weighted by molar-refractivity contribution is -0.274. The Morgan fingerprint density at radius 3 is 2.39 bits per heavy atom. The molecule has 0 radical (unpaired) electrons. The van der Waals surface area contributed by atoms with Crippen LogP contribution < -0.4 is 30.3 Å². The minimum absolute atomic E-state index is 0.197. The molecule has 256 valence electrons. The van der Waals surface area contributed by atoms with E-state index in [1.807, 2.05) is 36.4 Å². The number of nitrogens with one attached hydrogen (secondary N) is 3. The van der Waals surface area contributed by atoms with Crippen LogP contribution >= 0.6 is 0 Å². The molecule has 2 aliphatic rings. The SMILES string of the molecule is O=C1CCC(c2cccc(N3CCC(CNCCOc4ccc(-c5cc(Nc6ccc(OC(F)(F)F)cc6)ncn5)cc4)CC3)c2)C(=O)N1. The zero-order chi connectivity index (χ0) is 34.2. The molecule has 10 nitrogen and oxygen atoms in total. The van der Waals surface area contributed by atoms with Gasteiger partial charge >= 0.3 is 6.36 Å². The first-order valence-corrected chi connectivity index (χ1v) is 16.3. The van der Waals surface area contributed by atoms with Gasteiger partial charge in [0.15, 0.2) is 0 Å². The van der Waals surface area contributed by atoms with Crippen LogP contribution in [0.3, 0.4) is 0 Å². The number of carbonyl (C=O) groups is 2. The quantitative estimate of drug-likeness (QED) is 0.119. The maximum Gasteiger partial charge on any atom is 0.573 e. The number of piperidine rings is 2. The number of imide groups is 1. The molecule has 3 aromatic carbocycles. The van der Waals surface area contributed by atoms with Gasteiger partial charge in [0.25, 0.3) is 0 Å². The standard InChI is InChI=1S/C36H37F3N6O4/c37-36(38,39)49-30-10-6-27(7-11-30)43-33-21-32(41-23-42-33)25-4-8-29(9-5-25)48-19-16-40-22-24-14-17-45(18-15-24)28-3-1-2-26(20-28)31-12-13-34(46)44-35(31)47/h1-11,20-21,23-24,31,40H,12-19,22H2,(H,41,42,43)(H,44,46,47). The summed E-state index contributed by atoms with van der Waals surface area (Å²) in [4.78, 5) is 34.8. The molecule has 0 spiro atoms. The fraction of sp³-hybridized carbons (Fsp3) is 0.333. The van der Waals surface area contributed by atoms with Gasteiger partial charge in [0.1, 0.15) is 30.3 Å². The van der Waals surface area contributed by atoms with E-state index in [-0.39, 0.29) is 23.5 Å². The van der Waals surface area contributed by atoms with Crippen molar-refractivity contribution in [1.29, 1.82) is 0 Å². The fourth-order valence-electron chi connectivity index (χ4n) is 6.09. The molecule has 0 saturated carbocycles. The van der Waals surface area contributed by atoms with Crippen LogP contribution in [0.4, 0.5) is 30.4 Å². The molecule has 1 unspecified atom stereocenters. The van der Waals surface area contributed by atoms with Crippen LogP contribution in [0, 0.1) is 5.92 Å². The second-order valence-corrected chi connectivity index (χ2v) is 12.1. The minimum Gasteiger partial charge on any atom is -0.492 e. The first-order chi connectivity index (χ1) is 23.7. The molecule has 1 atom stereocenters. The van der Waals surface area contributed by atoms with Crippen molar-refractivity contribution in [1.82, 2.24) is 20.6 Å². The zero-order valence-electron chi connectivity index (χ0n) is 26.7. The topological polar surface area (TPSA) is 118 Å². The molecule has 49 heavy (non-hydrogen) atoms. The third kappa shape index (κ3) is 9.47. The summed E-state index contributed by atoms with van der Waals surface area (Å²) in [6, 6.07) is 22.9. The average molecular weight is 675 g/mol. The van der Waals surface area contributed by atoms with Crippen molar-refractivity contribution in [3.63, 3.8) is 0 Å². The third-order valence-electron chi connectivity index (χ3n) is 8.65. The van der Waals surface area contributed by atoms with Crippen molar-refractivity contribution >= 4 is 29.0 Å². The molecule has 6 rings (SSSR count). The molecule has 0 aliphatic carbocycles. The van der Waals surface area contributed by atoms with Gasteiger partial charge in [-0.15, -0.1) is 13.2 Å². The number of amides is 2. The van der Waals surface area contributed by atoms with Gasteiger partial charge in [0.2, 0.25) is 11.8 Å². The number of hydrogen-bond acceptors (Lipinski definition) is 9. The maximum atomic E-state index is 12.4. The number of benzene rings is 3. The number of alkyl halides is 3. The number of carbonyl (C=O) groups excluding carboxylic acids is 2. The molecule has 3 heterocycles. The number of anilines is 3. The Labute approximate surface area is 282 Å². The highest BCUT2D eigenvalue weighted by atomic mass is 19.4. The number of aromatic nitrogens is 2. The summed E-state index contributed by atoms with van der Waals surface area (Å²) in [6.07, 6.45) is -0.257. The van der Waals surface area contributed by atoms with Crippen LogP contribution in [-0.4, -0.2) is 60.9 Å². The monoisotopic (exact) mass is 674 g/mol. The van der Waals surface area contributed by atoms with E-state index in [4.69, 9.17) is 4.74 Å². The van der Waals surface area contributed by atoms with Crippen molar-refractivity contribution < 1.29 is 32.2 Å². The van der Waals surface area contributed by atoms with Gasteiger partial charge in [-0.3, -0.25) is 14.9 Å². The Hall–Kier alpha value is -5.17. The molecule has 2 fully saturated rings. The lowest BCUT2D eigenvalue weighted by Crippen LogP contribution is -2.40. The van der Waals surface area contributed by atoms with E-state index in [9.17, 15) is 22.8 Å². The molecule has 2 amide bonds. The zero-order valence-corrected chi connectivity index (χ0v) is 26.7. The Balaban J connectivity index is 0.901. The third-order valence-corrected chi connectivity index (χ3v) is 8.65. The lowest BCUT2D eigenvalue weighted by atomic mass is 9.90. The number of ether oxygens (including phenoxy) is 2. The summed E-state index contributed by atoms with van der Waals surface area (Å²) in [6.45, 7) is 4.07. The smallest absolute Gasteiger partial charge is 0.492 e. The summed E-state index contributed by atoms with van der Waals surface area (Å²) >= 11 is 0. The van der Waals surface area contributed by atoms with E-state index < -0.39 is 6.36 Å². The first-order valence-electron chi connectivity index (χ1n) is 16.3. The van der Waals surface area contributed by atoms with Gasteiger partial charge in [-0.05, 0) is 98.0 Å². The van der Waals surface area contributed by atoms with Crippen molar-refractivity contribution in [2.75, 3.05) is 43.0 Å². The van der Waals surface area contributed by atoms with Gasteiger partial charge in [-0.2, -0.15) is 0 Å². The van der Waals surface area contributed by atoms with Gasteiger partial charge < -0.3 is 25.0 Å². The highest BCUT2D eigenvalue weighted by Gasteiger charge is 2.31. The Morgan fingerprint density at radius 1 is 0.898 bits per heavy atom. The van der Waals surface area contributed by atoms with E-state index in [0.29, 0.717) is 42.6 Å². The molecule has 0 bridgehead atoms. The van der Waals surface area contributed by atoms with Crippen LogP contribution in [0.2, 0.25) is 0 Å². The van der Waals surface area contributed by atoms with Crippen LogP contribution in [-0.2, 0) is 9.59 Å². The summed E-state index contributed by atoms with van der Waals surface area (Å²) in [5.74, 6) is 0.827. The maximum absolute atomic E-state index is 12.4. The average Bonchev–Trinajstić information content (AvgIpc) is 3.09. The van der Waals surface area contributed by atoms with Crippen LogP contribution in [0.5, 0.6) is 11.5 Å². The van der Waals surface area contributed by atoms with Crippen molar-refractivity contribution in [2.45, 2.75) is 38.0 Å². The largest absolute Gasteiger partial charge is 0.573 e. The second-order valence-electron chi connectivity index (χ2n) is 12.1. The van der Waals surface area contributed by atoms with Crippen LogP contribution in [0.25, 0.3) is 11.3 Å². The summed E-state index contributed by atoms with van der Waals surface area (Å²) in [5.41, 5.74) is 4.17. The molecule has 13 heteroatoms. The number of nitrogens with zero attached hydrogens (tertiary/aromatic N) is 3. The van der Waals surface area contributed by atoms with E-state index in [0.717, 1.165) is 61.6 Å². The van der Waals surface area contributed by atoms with E-state index in [1.54, 1.807) is 6.07 Å². The summed E-state index contributed by atoms with van der Waals surface area (Å²) in [5, 5.41) is 9.04. The van der Waals surface area contributed by atoms with Gasteiger partial charge in [0.05, 0.1) is 11.6 Å². The normalized spacial score (nSPS) is 17.0. The van der Waals surface area contributed by atoms with E-state index in [2.05, 4.69) is 47.7 Å². The van der Waals surface area contributed by atoms with Gasteiger partial charge in [-0.25, -0.2) is 9.97 Å². The van der Waals surface area contributed by atoms with E-state index in [1.165, 1.54) is 30.6 Å². The molecule has 3 N–H and O–H groups in total. The van der Waals surface area contributed by atoms with Gasteiger partial charge in [0, 0.05) is 49.1 Å². The van der Waals surface area contributed by atoms with Crippen LogP contribution in [0.1, 0.15) is 37.2 Å². The second kappa shape index (κ2) is 15.4. The Bertz CT molecular complexity index is 1730. The first kappa shape index (κ1) is 33.7. The van der Waals surface area contributed by atoms with Crippen molar-refractivity contribution in [3.05, 3.63) is 90.8 Å². The predicted octanol–water partition coefficient (Wildman–Crippen LogP) is 6.19. The van der Waals surface area contributed by atoms with E-state index >= 15 is 0 Å². The summed E-state index contributed by atoms with van der Waals surface area (Å²) < 4.78 is 47.1. The van der Waals surface area contributed by atoms with Crippen molar-refractivity contribution in [2.24, 2.45) is 5.92 Å². The number of rotatable bonds is 12. The molecular formula is C36H37F3N6O4. The highest BCUT2D eigenvalue weighted by Crippen LogP contribution is 2.30. The number of hydrogen-bond donors (Lipinski definition) is 3. The summed E-state index contributed by atoms with van der Waals surface area (Å²) in [7, 11) is 0. The number of halogens is 3. The van der Waals surface area contributed by atoms with Crippen LogP contribution in [0.15, 0.2) is 85.2 Å². The molecule has 2 aliphatic heterocycles. The molecule has 1 aromatic heterocycles.